The van der Waals surface area contributed by atoms with Gasteiger partial charge in [-0.3, -0.25) is 4.98 Å². The topological polar surface area (TPSA) is 86.1 Å². The van der Waals surface area contributed by atoms with Crippen LogP contribution in [0.2, 0.25) is 5.02 Å². The summed E-state index contributed by atoms with van der Waals surface area (Å²) in [6.45, 7) is 2.96. The average Bonchev–Trinajstić information content (AvgIpc) is 2.61. The molecule has 0 spiro atoms. The summed E-state index contributed by atoms with van der Waals surface area (Å²) in [4.78, 5) is 6.44. The van der Waals surface area contributed by atoms with Crippen LogP contribution >= 0.6 is 11.6 Å². The summed E-state index contributed by atoms with van der Waals surface area (Å²) in [5.41, 5.74) is 2.11. The van der Waals surface area contributed by atoms with E-state index in [0.29, 0.717) is 36.5 Å². The number of anilines is 1. The zero-order chi connectivity index (χ0) is 18.0. The third-order valence-corrected chi connectivity index (χ3v) is 6.15. The lowest BCUT2D eigenvalue weighted by Crippen LogP contribution is -2.45. The standard InChI is InChI=1S/C17H19ClN4O2S/c1-2-25(23,24)21-14-5-7-22(8-6-14)17-12(10-19)11-20-16-4-3-13(18)9-15(16)17/h3-4,9,11,14,21H,2,5-8H2,1H3. The lowest BCUT2D eigenvalue weighted by Gasteiger charge is -2.34. The molecular formula is C17H19ClN4O2S. The van der Waals surface area contributed by atoms with Gasteiger partial charge in [0.15, 0.2) is 0 Å². The molecule has 1 fully saturated rings. The second-order valence-electron chi connectivity index (χ2n) is 6.08. The molecule has 132 valence electrons. The molecule has 3 rings (SSSR count). The number of nitrogens with zero attached hydrogens (tertiary/aromatic N) is 3. The predicted octanol–water partition coefficient (Wildman–Crippen LogP) is 2.67. The van der Waals surface area contributed by atoms with Gasteiger partial charge in [0.2, 0.25) is 10.0 Å². The van der Waals surface area contributed by atoms with Gasteiger partial charge in [0.1, 0.15) is 6.07 Å². The number of rotatable bonds is 4. The minimum Gasteiger partial charge on any atom is -0.370 e. The number of hydrogen-bond acceptors (Lipinski definition) is 5. The molecule has 6 nitrogen and oxygen atoms in total. The molecule has 0 atom stereocenters. The van der Waals surface area contributed by atoms with E-state index >= 15 is 0 Å². The fraction of sp³-hybridized carbons (Fsp3) is 0.412. The molecule has 2 aromatic rings. The van der Waals surface area contributed by atoms with Crippen molar-refractivity contribution in [2.24, 2.45) is 0 Å². The van der Waals surface area contributed by atoms with Crippen LogP contribution in [-0.4, -0.2) is 38.3 Å². The highest BCUT2D eigenvalue weighted by atomic mass is 35.5. The minimum atomic E-state index is -3.20. The SMILES string of the molecule is CCS(=O)(=O)NC1CCN(c2c(C#N)cnc3ccc(Cl)cc23)CC1. The Bertz CT molecular complexity index is 932. The van der Waals surface area contributed by atoms with Crippen molar-refractivity contribution in [2.75, 3.05) is 23.7 Å². The number of aromatic nitrogens is 1. The first kappa shape index (κ1) is 17.9. The second-order valence-corrected chi connectivity index (χ2v) is 8.56. The van der Waals surface area contributed by atoms with Crippen LogP contribution in [0.5, 0.6) is 0 Å². The van der Waals surface area contributed by atoms with Crippen molar-refractivity contribution in [3.63, 3.8) is 0 Å². The van der Waals surface area contributed by atoms with Gasteiger partial charge < -0.3 is 4.90 Å². The highest BCUT2D eigenvalue weighted by molar-refractivity contribution is 7.89. The predicted molar refractivity (Wildman–Crippen MR) is 99.3 cm³/mol. The molecule has 0 amide bonds. The van der Waals surface area contributed by atoms with Crippen molar-refractivity contribution in [1.82, 2.24) is 9.71 Å². The first-order valence-corrected chi connectivity index (χ1v) is 10.2. The number of sulfonamides is 1. The third-order valence-electron chi connectivity index (χ3n) is 4.46. The number of benzene rings is 1. The quantitative estimate of drug-likeness (QED) is 0.883. The monoisotopic (exact) mass is 378 g/mol. The van der Waals surface area contributed by atoms with Gasteiger partial charge in [-0.1, -0.05) is 11.6 Å². The lowest BCUT2D eigenvalue weighted by molar-refractivity contribution is 0.461. The van der Waals surface area contributed by atoms with Crippen molar-refractivity contribution in [2.45, 2.75) is 25.8 Å². The van der Waals surface area contributed by atoms with Crippen LogP contribution in [0.1, 0.15) is 25.3 Å². The van der Waals surface area contributed by atoms with Gasteiger partial charge in [0.05, 0.1) is 22.5 Å². The van der Waals surface area contributed by atoms with E-state index in [-0.39, 0.29) is 11.8 Å². The summed E-state index contributed by atoms with van der Waals surface area (Å²) in [7, 11) is -3.20. The number of halogens is 1. The number of pyridine rings is 1. The van der Waals surface area contributed by atoms with Crippen LogP contribution in [0.4, 0.5) is 5.69 Å². The average molecular weight is 379 g/mol. The summed E-state index contributed by atoms with van der Waals surface area (Å²) in [5.74, 6) is 0.0826. The van der Waals surface area contributed by atoms with E-state index in [2.05, 4.69) is 20.7 Å². The molecule has 0 radical (unpaired) electrons. The molecule has 1 aromatic heterocycles. The van der Waals surface area contributed by atoms with Gasteiger partial charge in [0, 0.05) is 35.7 Å². The summed E-state index contributed by atoms with van der Waals surface area (Å²) in [6.07, 6.45) is 2.96. The number of fused-ring (bicyclic) bond motifs is 1. The molecule has 8 heteroatoms. The molecule has 0 saturated carbocycles. The van der Waals surface area contributed by atoms with Gasteiger partial charge in [-0.2, -0.15) is 5.26 Å². The summed E-state index contributed by atoms with van der Waals surface area (Å²) >= 11 is 6.13. The molecule has 0 aliphatic carbocycles. The Balaban J connectivity index is 1.88. The Morgan fingerprint density at radius 2 is 2.12 bits per heavy atom. The van der Waals surface area contributed by atoms with Gasteiger partial charge >= 0.3 is 0 Å². The maximum Gasteiger partial charge on any atom is 0.211 e. The Kier molecular flexibility index (Phi) is 5.13. The van der Waals surface area contributed by atoms with Crippen molar-refractivity contribution < 1.29 is 8.42 Å². The number of piperidine rings is 1. The van der Waals surface area contributed by atoms with Crippen LogP contribution in [-0.2, 0) is 10.0 Å². The smallest absolute Gasteiger partial charge is 0.211 e. The molecule has 1 aromatic carbocycles. The van der Waals surface area contributed by atoms with Crippen LogP contribution in [0.25, 0.3) is 10.9 Å². The molecule has 1 aliphatic heterocycles. The largest absolute Gasteiger partial charge is 0.370 e. The minimum absolute atomic E-state index is 0.0663. The highest BCUT2D eigenvalue weighted by Gasteiger charge is 2.25. The third kappa shape index (κ3) is 3.87. The van der Waals surface area contributed by atoms with E-state index in [4.69, 9.17) is 11.6 Å². The molecule has 25 heavy (non-hydrogen) atoms. The Morgan fingerprint density at radius 1 is 1.40 bits per heavy atom. The van der Waals surface area contributed by atoms with Crippen LogP contribution < -0.4 is 9.62 Å². The zero-order valence-corrected chi connectivity index (χ0v) is 15.4. The number of nitrogens with one attached hydrogen (secondary N) is 1. The molecular weight excluding hydrogens is 360 g/mol. The summed E-state index contributed by atoms with van der Waals surface area (Å²) in [6, 6.07) is 7.58. The molecule has 0 unspecified atom stereocenters. The molecule has 2 heterocycles. The van der Waals surface area contributed by atoms with E-state index in [1.54, 1.807) is 19.2 Å². The van der Waals surface area contributed by atoms with Crippen LogP contribution in [0.15, 0.2) is 24.4 Å². The maximum atomic E-state index is 11.7. The summed E-state index contributed by atoms with van der Waals surface area (Å²) < 4.78 is 26.2. The van der Waals surface area contributed by atoms with E-state index in [1.165, 1.54) is 0 Å². The lowest BCUT2D eigenvalue weighted by atomic mass is 10.0. The van der Waals surface area contributed by atoms with Gasteiger partial charge in [-0.05, 0) is 38.0 Å². The number of hydrogen-bond donors (Lipinski definition) is 1. The Hall–Kier alpha value is -1.88. The molecule has 1 N–H and O–H groups in total. The van der Waals surface area contributed by atoms with Crippen molar-refractivity contribution in [1.29, 1.82) is 5.26 Å². The second kappa shape index (κ2) is 7.16. The Labute approximate surface area is 152 Å². The molecule has 1 saturated heterocycles. The van der Waals surface area contributed by atoms with Crippen LogP contribution in [0.3, 0.4) is 0 Å². The number of nitriles is 1. The van der Waals surface area contributed by atoms with E-state index in [9.17, 15) is 13.7 Å². The maximum absolute atomic E-state index is 11.7. The van der Waals surface area contributed by atoms with Crippen LogP contribution in [0, 0.1) is 11.3 Å². The molecule has 1 aliphatic rings. The zero-order valence-electron chi connectivity index (χ0n) is 13.9. The highest BCUT2D eigenvalue weighted by Crippen LogP contribution is 2.33. The first-order valence-electron chi connectivity index (χ1n) is 8.17. The van der Waals surface area contributed by atoms with Gasteiger partial charge in [-0.25, -0.2) is 13.1 Å². The van der Waals surface area contributed by atoms with E-state index in [0.717, 1.165) is 16.6 Å². The van der Waals surface area contributed by atoms with E-state index < -0.39 is 10.0 Å². The van der Waals surface area contributed by atoms with Crippen molar-refractivity contribution in [3.8, 4) is 6.07 Å². The van der Waals surface area contributed by atoms with E-state index in [1.807, 2.05) is 12.1 Å². The Morgan fingerprint density at radius 3 is 2.76 bits per heavy atom. The summed E-state index contributed by atoms with van der Waals surface area (Å²) in [5, 5.41) is 10.9. The van der Waals surface area contributed by atoms with Crippen molar-refractivity contribution in [3.05, 3.63) is 35.0 Å². The molecule has 0 bridgehead atoms. The normalized spacial score (nSPS) is 16.1. The first-order chi connectivity index (χ1) is 11.9. The van der Waals surface area contributed by atoms with Crippen molar-refractivity contribution >= 4 is 38.2 Å². The fourth-order valence-electron chi connectivity index (χ4n) is 3.13. The fourth-order valence-corrected chi connectivity index (χ4v) is 4.21. The van der Waals surface area contributed by atoms with Gasteiger partial charge in [-0.15, -0.1) is 0 Å². The van der Waals surface area contributed by atoms with Gasteiger partial charge in [0.25, 0.3) is 0 Å².